The third-order valence-electron chi connectivity index (χ3n) is 10.6. The number of pyridine rings is 1. The van der Waals surface area contributed by atoms with E-state index in [9.17, 15) is 0 Å². The fourth-order valence-corrected chi connectivity index (χ4v) is 8.20. The molecule has 4 heteroatoms. The van der Waals surface area contributed by atoms with E-state index in [1.165, 1.54) is 60.0 Å². The third-order valence-corrected chi connectivity index (χ3v) is 10.6. The van der Waals surface area contributed by atoms with E-state index in [1.807, 2.05) is 12.3 Å². The van der Waals surface area contributed by atoms with Crippen LogP contribution < -0.4 is 0 Å². The van der Waals surface area contributed by atoms with Crippen molar-refractivity contribution in [1.82, 2.24) is 18.9 Å². The topological polar surface area (TPSA) is 35.1 Å². The maximum Gasteiger partial charge on any atom is 0.235 e. The van der Waals surface area contributed by atoms with Crippen LogP contribution in [0, 0.1) is 0 Å². The van der Waals surface area contributed by atoms with E-state index in [0.29, 0.717) is 5.95 Å². The average molecular weight is 663 g/mol. The third kappa shape index (κ3) is 4.28. The van der Waals surface area contributed by atoms with Crippen molar-refractivity contribution in [3.63, 3.8) is 0 Å². The minimum atomic E-state index is 0.652. The predicted molar refractivity (Wildman–Crippen MR) is 216 cm³/mol. The van der Waals surface area contributed by atoms with E-state index >= 15 is 0 Å². The number of para-hydroxylation sites is 2. The minimum Gasteiger partial charge on any atom is -0.309 e. The molecule has 0 saturated heterocycles. The summed E-state index contributed by atoms with van der Waals surface area (Å²) in [6, 6.07) is 62.9. The van der Waals surface area contributed by atoms with Crippen molar-refractivity contribution in [3.8, 4) is 39.5 Å². The molecule has 0 fully saturated rings. The first-order valence-corrected chi connectivity index (χ1v) is 17.7. The zero-order chi connectivity index (χ0) is 34.2. The molecule has 4 nitrogen and oxygen atoms in total. The molecule has 0 amide bonds. The van der Waals surface area contributed by atoms with Crippen molar-refractivity contribution in [3.05, 3.63) is 182 Å². The Labute approximate surface area is 299 Å². The fourth-order valence-electron chi connectivity index (χ4n) is 8.20. The van der Waals surface area contributed by atoms with E-state index in [4.69, 9.17) is 9.97 Å². The second kappa shape index (κ2) is 11.2. The quantitative estimate of drug-likeness (QED) is 0.176. The minimum absolute atomic E-state index is 0.652. The Morgan fingerprint density at radius 3 is 1.71 bits per heavy atom. The van der Waals surface area contributed by atoms with Crippen LogP contribution in [0.4, 0.5) is 0 Å². The predicted octanol–water partition coefficient (Wildman–Crippen LogP) is 12.3. The lowest BCUT2D eigenvalue weighted by Gasteiger charge is -2.11. The molecule has 0 aliphatic rings. The second-order valence-corrected chi connectivity index (χ2v) is 13.4. The van der Waals surface area contributed by atoms with Gasteiger partial charge in [0.2, 0.25) is 5.95 Å². The van der Waals surface area contributed by atoms with E-state index in [-0.39, 0.29) is 0 Å². The summed E-state index contributed by atoms with van der Waals surface area (Å²) in [5.74, 6) is 0.652. The van der Waals surface area contributed by atoms with Crippen LogP contribution in [0.25, 0.3) is 99.4 Å². The highest BCUT2D eigenvalue weighted by Gasteiger charge is 2.20. The molecule has 0 atom stereocenters. The summed E-state index contributed by atoms with van der Waals surface area (Å²) >= 11 is 0. The summed E-state index contributed by atoms with van der Waals surface area (Å²) < 4.78 is 4.68. The van der Waals surface area contributed by atoms with Crippen molar-refractivity contribution in [2.45, 2.75) is 0 Å². The molecule has 7 aromatic carbocycles. The summed E-state index contributed by atoms with van der Waals surface area (Å²) in [6.45, 7) is 0. The Kier molecular flexibility index (Phi) is 6.22. The number of fused-ring (bicyclic) bond motifs is 12. The molecule has 0 radical (unpaired) electrons. The zero-order valence-electron chi connectivity index (χ0n) is 28.1. The summed E-state index contributed by atoms with van der Waals surface area (Å²) in [5, 5.41) is 7.28. The molecule has 11 aromatic rings. The molecular formula is C48H30N4. The highest BCUT2D eigenvalue weighted by Crippen LogP contribution is 2.40. The Hall–Kier alpha value is -7.04. The molecular weight excluding hydrogens is 633 g/mol. The Morgan fingerprint density at radius 1 is 0.346 bits per heavy atom. The molecule has 4 heterocycles. The maximum absolute atomic E-state index is 5.28. The molecule has 0 bridgehead atoms. The number of rotatable bonds is 4. The average Bonchev–Trinajstić information content (AvgIpc) is 3.79. The monoisotopic (exact) mass is 662 g/mol. The molecule has 242 valence electrons. The lowest BCUT2D eigenvalue weighted by molar-refractivity contribution is 0.994. The van der Waals surface area contributed by atoms with Gasteiger partial charge in [-0.25, -0.2) is 9.97 Å². The number of hydrogen-bond acceptors (Lipinski definition) is 2. The first kappa shape index (κ1) is 28.8. The lowest BCUT2D eigenvalue weighted by Crippen LogP contribution is -2.02. The van der Waals surface area contributed by atoms with Crippen LogP contribution in [0.5, 0.6) is 0 Å². The van der Waals surface area contributed by atoms with Gasteiger partial charge < -0.3 is 4.40 Å². The summed E-state index contributed by atoms with van der Waals surface area (Å²) in [6.07, 6.45) is 1.89. The molecule has 0 N–H and O–H groups in total. The Morgan fingerprint density at radius 2 is 0.923 bits per heavy atom. The van der Waals surface area contributed by atoms with Crippen molar-refractivity contribution >= 4 is 59.9 Å². The van der Waals surface area contributed by atoms with Crippen LogP contribution in [-0.4, -0.2) is 18.9 Å². The van der Waals surface area contributed by atoms with Crippen LogP contribution >= 0.6 is 0 Å². The van der Waals surface area contributed by atoms with Crippen molar-refractivity contribution in [1.29, 1.82) is 0 Å². The largest absolute Gasteiger partial charge is 0.309 e. The van der Waals surface area contributed by atoms with Gasteiger partial charge in [-0.05, 0) is 64.0 Å². The van der Waals surface area contributed by atoms with Gasteiger partial charge in [-0.15, -0.1) is 0 Å². The van der Waals surface area contributed by atoms with Crippen LogP contribution in [-0.2, 0) is 0 Å². The van der Waals surface area contributed by atoms with Crippen molar-refractivity contribution in [2.75, 3.05) is 0 Å². The van der Waals surface area contributed by atoms with Crippen molar-refractivity contribution in [2.24, 2.45) is 0 Å². The molecule has 0 aliphatic carbocycles. The first-order valence-electron chi connectivity index (χ1n) is 17.7. The summed E-state index contributed by atoms with van der Waals surface area (Å²) in [5.41, 5.74) is 12.4. The molecule has 0 spiro atoms. The van der Waals surface area contributed by atoms with Gasteiger partial charge in [0.05, 0.1) is 33.3 Å². The van der Waals surface area contributed by atoms with Gasteiger partial charge in [0.15, 0.2) is 0 Å². The van der Waals surface area contributed by atoms with E-state index < -0.39 is 0 Å². The fraction of sp³-hybridized carbons (Fsp3) is 0. The molecule has 0 unspecified atom stereocenters. The number of aromatic nitrogens is 4. The SMILES string of the molecule is c1ccc(-c2ccc(-c3cccc(-c4ccnc(-n5c6ccccc6c6ccc7c(cc8c9ccccc9c9ccccc9n87)c65)n4)c3)cc2)cc1. The standard InChI is InChI=1S/C48H30N4/c1-2-11-31(12-3-1)32-21-23-33(24-22-32)34-13-10-14-35(29-34)42-27-28-49-48(50-42)52-44-20-9-7-18-39(44)40-25-26-45-41(47(40)52)30-46-38-17-5-4-15-36(38)37-16-6-8-19-43(37)51(45)46/h1-30H. The normalized spacial score (nSPS) is 11.8. The molecule has 11 rings (SSSR count). The maximum atomic E-state index is 5.28. The number of hydrogen-bond donors (Lipinski definition) is 0. The Balaban J connectivity index is 1.11. The van der Waals surface area contributed by atoms with Gasteiger partial charge in [-0.1, -0.05) is 140 Å². The van der Waals surface area contributed by atoms with Crippen LogP contribution in [0.1, 0.15) is 0 Å². The highest BCUT2D eigenvalue weighted by molar-refractivity contribution is 6.22. The first-order chi connectivity index (χ1) is 25.8. The highest BCUT2D eigenvalue weighted by atomic mass is 15.2. The van der Waals surface area contributed by atoms with Crippen LogP contribution in [0.3, 0.4) is 0 Å². The molecule has 0 aliphatic heterocycles. The van der Waals surface area contributed by atoms with Crippen LogP contribution in [0.2, 0.25) is 0 Å². The van der Waals surface area contributed by atoms with E-state index in [1.54, 1.807) is 0 Å². The summed E-state index contributed by atoms with van der Waals surface area (Å²) in [7, 11) is 0. The van der Waals surface area contributed by atoms with Gasteiger partial charge in [0.25, 0.3) is 0 Å². The molecule has 4 aromatic heterocycles. The summed E-state index contributed by atoms with van der Waals surface area (Å²) in [4.78, 5) is 10.2. The zero-order valence-corrected chi connectivity index (χ0v) is 28.1. The van der Waals surface area contributed by atoms with Gasteiger partial charge in [0.1, 0.15) is 0 Å². The molecule has 52 heavy (non-hydrogen) atoms. The Bertz CT molecular complexity index is 3170. The van der Waals surface area contributed by atoms with Crippen LogP contribution in [0.15, 0.2) is 182 Å². The smallest absolute Gasteiger partial charge is 0.235 e. The van der Waals surface area contributed by atoms with E-state index in [0.717, 1.165) is 33.4 Å². The number of nitrogens with zero attached hydrogens (tertiary/aromatic N) is 4. The second-order valence-electron chi connectivity index (χ2n) is 13.4. The van der Waals surface area contributed by atoms with E-state index in [2.05, 4.69) is 179 Å². The van der Waals surface area contributed by atoms with Gasteiger partial charge in [0, 0.05) is 38.7 Å². The lowest BCUT2D eigenvalue weighted by atomic mass is 9.98. The van der Waals surface area contributed by atoms with Gasteiger partial charge >= 0.3 is 0 Å². The van der Waals surface area contributed by atoms with Gasteiger partial charge in [-0.3, -0.25) is 4.57 Å². The van der Waals surface area contributed by atoms with Gasteiger partial charge in [-0.2, -0.15) is 0 Å². The number of benzene rings is 7. The van der Waals surface area contributed by atoms with Crippen molar-refractivity contribution < 1.29 is 0 Å². The molecule has 0 saturated carbocycles.